The van der Waals surface area contributed by atoms with Crippen LogP contribution in [0.25, 0.3) is 27.9 Å². The number of hydrogen-bond acceptors (Lipinski definition) is 7. The maximum Gasteiger partial charge on any atom is 0.257 e. The summed E-state index contributed by atoms with van der Waals surface area (Å²) in [5, 5.41) is 21.4. The van der Waals surface area contributed by atoms with Crippen LogP contribution in [0.1, 0.15) is 48.5 Å². The first-order valence-electron chi connectivity index (χ1n) is 12.1. The molecule has 2 saturated carbocycles. The lowest BCUT2D eigenvalue weighted by Crippen LogP contribution is -2.50. The smallest absolute Gasteiger partial charge is 0.257 e. The number of fused-ring (bicyclic) bond motifs is 2. The van der Waals surface area contributed by atoms with Gasteiger partial charge in [-0.05, 0) is 44.2 Å². The number of amides is 1. The quantitative estimate of drug-likeness (QED) is 0.392. The highest BCUT2D eigenvalue weighted by Crippen LogP contribution is 2.38. The molecule has 0 spiro atoms. The predicted octanol–water partition coefficient (Wildman–Crippen LogP) is 2.78. The van der Waals surface area contributed by atoms with E-state index in [-0.39, 0.29) is 24.1 Å². The molecule has 1 unspecified atom stereocenters. The normalized spacial score (nSPS) is 24.1. The van der Waals surface area contributed by atoms with Crippen molar-refractivity contribution >= 4 is 28.4 Å². The number of carbonyl (C=O) groups excluding carboxylic acids is 1. The number of nitrogens with one attached hydrogen (secondary N) is 2. The van der Waals surface area contributed by atoms with Crippen molar-refractivity contribution in [3.05, 3.63) is 42.4 Å². The zero-order valence-electron chi connectivity index (χ0n) is 19.8. The number of aliphatic hydroxyl groups is 1. The van der Waals surface area contributed by atoms with Crippen LogP contribution in [0.4, 0.5) is 5.82 Å². The van der Waals surface area contributed by atoms with E-state index in [1.54, 1.807) is 11.6 Å². The summed E-state index contributed by atoms with van der Waals surface area (Å²) in [7, 11) is 3.59. The first kappa shape index (κ1) is 22.0. The SMILES string of the molecule is CNc1cc(-c2cn([C@@H]3CCC[C@H]3OC)c3ncccc23)nc2c(C(=O)NC3CC[C@H]3O)cnn12. The summed E-state index contributed by atoms with van der Waals surface area (Å²) in [6, 6.07) is 5.90. The van der Waals surface area contributed by atoms with Crippen molar-refractivity contribution < 1.29 is 14.6 Å². The van der Waals surface area contributed by atoms with Gasteiger partial charge < -0.3 is 25.0 Å². The summed E-state index contributed by atoms with van der Waals surface area (Å²) in [5.74, 6) is 0.432. The molecule has 4 atom stereocenters. The van der Waals surface area contributed by atoms with Crippen LogP contribution in [-0.4, -0.2) is 67.6 Å². The van der Waals surface area contributed by atoms with Crippen molar-refractivity contribution in [2.75, 3.05) is 19.5 Å². The summed E-state index contributed by atoms with van der Waals surface area (Å²) >= 11 is 0. The first-order valence-corrected chi connectivity index (χ1v) is 12.1. The van der Waals surface area contributed by atoms with E-state index in [0.29, 0.717) is 23.4 Å². The van der Waals surface area contributed by atoms with Gasteiger partial charge in [0.25, 0.3) is 5.91 Å². The number of carbonyl (C=O) groups is 1. The molecule has 0 aliphatic heterocycles. The highest BCUT2D eigenvalue weighted by atomic mass is 16.5. The zero-order chi connectivity index (χ0) is 24.1. The maximum absolute atomic E-state index is 13.0. The fraction of sp³-hybridized carbons (Fsp3) is 0.440. The van der Waals surface area contributed by atoms with Crippen molar-refractivity contribution in [2.24, 2.45) is 0 Å². The molecule has 10 nitrogen and oxygen atoms in total. The van der Waals surface area contributed by atoms with Crippen LogP contribution in [0.15, 0.2) is 36.8 Å². The van der Waals surface area contributed by atoms with Gasteiger partial charge in [0, 0.05) is 43.6 Å². The minimum absolute atomic E-state index is 0.149. The summed E-state index contributed by atoms with van der Waals surface area (Å²) in [4.78, 5) is 22.6. The molecule has 4 aromatic rings. The molecule has 2 aliphatic rings. The lowest BCUT2D eigenvalue weighted by molar-refractivity contribution is 0.0448. The maximum atomic E-state index is 13.0. The summed E-state index contributed by atoms with van der Waals surface area (Å²) < 4.78 is 9.62. The highest BCUT2D eigenvalue weighted by Gasteiger charge is 2.32. The van der Waals surface area contributed by atoms with Crippen LogP contribution in [0.3, 0.4) is 0 Å². The molecule has 2 fully saturated rings. The topological polar surface area (TPSA) is 119 Å². The molecule has 1 amide bonds. The van der Waals surface area contributed by atoms with Gasteiger partial charge in [-0.15, -0.1) is 0 Å². The Morgan fingerprint density at radius 1 is 1.23 bits per heavy atom. The number of rotatable bonds is 6. The Kier molecular flexibility index (Phi) is 5.42. The monoisotopic (exact) mass is 475 g/mol. The second kappa shape index (κ2) is 8.62. The van der Waals surface area contributed by atoms with Gasteiger partial charge in [0.05, 0.1) is 36.2 Å². The zero-order valence-corrected chi connectivity index (χ0v) is 19.8. The van der Waals surface area contributed by atoms with Gasteiger partial charge in [-0.2, -0.15) is 9.61 Å². The first-order chi connectivity index (χ1) is 17.1. The molecule has 2 aliphatic carbocycles. The second-order valence-electron chi connectivity index (χ2n) is 9.39. The van der Waals surface area contributed by atoms with Gasteiger partial charge in [-0.3, -0.25) is 4.79 Å². The third kappa shape index (κ3) is 3.55. The number of aromatic nitrogens is 5. The standard InChI is InChI=1S/C25H29N7O3/c1-26-22-11-18(29-24-15(12-28-32(22)24)25(34)30-17-8-9-20(17)33)16-13-31(19-6-3-7-21(19)35-2)23-14(16)5-4-10-27-23/h4-5,10-13,17,19-21,26,33H,3,6-9H2,1-2H3,(H,30,34)/t17?,19-,20-,21-/m1/s1. The molecule has 35 heavy (non-hydrogen) atoms. The largest absolute Gasteiger partial charge is 0.391 e. The Balaban J connectivity index is 1.47. The third-order valence-corrected chi connectivity index (χ3v) is 7.47. The van der Waals surface area contributed by atoms with Gasteiger partial charge in [0.15, 0.2) is 5.65 Å². The van der Waals surface area contributed by atoms with E-state index in [0.717, 1.165) is 48.0 Å². The van der Waals surface area contributed by atoms with Crippen LogP contribution in [0, 0.1) is 0 Å². The Morgan fingerprint density at radius 3 is 2.86 bits per heavy atom. The van der Waals surface area contributed by atoms with E-state index in [9.17, 15) is 9.90 Å². The number of hydrogen-bond donors (Lipinski definition) is 3. The van der Waals surface area contributed by atoms with Crippen molar-refractivity contribution in [2.45, 2.75) is 56.4 Å². The predicted molar refractivity (Wildman–Crippen MR) is 131 cm³/mol. The van der Waals surface area contributed by atoms with Crippen LogP contribution in [0.5, 0.6) is 0 Å². The molecular weight excluding hydrogens is 446 g/mol. The third-order valence-electron chi connectivity index (χ3n) is 7.47. The Bertz CT molecular complexity index is 1410. The second-order valence-corrected chi connectivity index (χ2v) is 9.39. The minimum atomic E-state index is -0.498. The van der Waals surface area contributed by atoms with E-state index in [4.69, 9.17) is 14.7 Å². The molecule has 182 valence electrons. The molecule has 0 radical (unpaired) electrons. The fourth-order valence-corrected chi connectivity index (χ4v) is 5.38. The summed E-state index contributed by atoms with van der Waals surface area (Å²) in [5.41, 5.74) is 3.40. The highest BCUT2D eigenvalue weighted by molar-refractivity contribution is 6.01. The van der Waals surface area contributed by atoms with E-state index in [2.05, 4.69) is 32.6 Å². The number of aliphatic hydroxyl groups excluding tert-OH is 1. The average molecular weight is 476 g/mol. The molecular formula is C25H29N7O3. The fourth-order valence-electron chi connectivity index (χ4n) is 5.38. The lowest BCUT2D eigenvalue weighted by Gasteiger charge is -2.32. The van der Waals surface area contributed by atoms with Crippen molar-refractivity contribution in [3.63, 3.8) is 0 Å². The number of ether oxygens (including phenoxy) is 1. The van der Waals surface area contributed by atoms with Gasteiger partial charge in [0.1, 0.15) is 17.0 Å². The number of pyridine rings is 1. The molecule has 4 heterocycles. The van der Waals surface area contributed by atoms with Crippen molar-refractivity contribution in [1.29, 1.82) is 0 Å². The molecule has 0 aromatic carbocycles. The van der Waals surface area contributed by atoms with Gasteiger partial charge in [-0.1, -0.05) is 0 Å². The summed E-state index contributed by atoms with van der Waals surface area (Å²) in [6.45, 7) is 0. The summed E-state index contributed by atoms with van der Waals surface area (Å²) in [6.07, 6.45) is 9.74. The molecule has 3 N–H and O–H groups in total. The van der Waals surface area contributed by atoms with Gasteiger partial charge >= 0.3 is 0 Å². The molecule has 0 bridgehead atoms. The van der Waals surface area contributed by atoms with E-state index >= 15 is 0 Å². The van der Waals surface area contributed by atoms with Crippen LogP contribution >= 0.6 is 0 Å². The number of methoxy groups -OCH3 is 1. The van der Waals surface area contributed by atoms with Crippen LogP contribution < -0.4 is 10.6 Å². The average Bonchev–Trinajstić information content (AvgIpc) is 3.61. The van der Waals surface area contributed by atoms with Gasteiger partial charge in [-0.25, -0.2) is 9.97 Å². The number of nitrogens with zero attached hydrogens (tertiary/aromatic N) is 5. The molecule has 4 aromatic heterocycles. The molecule has 0 saturated heterocycles. The van der Waals surface area contributed by atoms with Gasteiger partial charge in [0.2, 0.25) is 0 Å². The Labute approximate surface area is 202 Å². The number of anilines is 1. The molecule has 10 heteroatoms. The van der Waals surface area contributed by atoms with Crippen molar-refractivity contribution in [1.82, 2.24) is 29.5 Å². The minimum Gasteiger partial charge on any atom is -0.391 e. The molecule has 6 rings (SSSR count). The van der Waals surface area contributed by atoms with E-state index < -0.39 is 6.10 Å². The van der Waals surface area contributed by atoms with E-state index in [1.165, 1.54) is 6.20 Å². The lowest BCUT2D eigenvalue weighted by atomic mass is 9.89. The Hall–Kier alpha value is -3.50. The van der Waals surface area contributed by atoms with Crippen LogP contribution in [0.2, 0.25) is 0 Å². The van der Waals surface area contributed by atoms with Crippen LogP contribution in [-0.2, 0) is 4.74 Å². The Morgan fingerprint density at radius 2 is 2.11 bits per heavy atom. The van der Waals surface area contributed by atoms with E-state index in [1.807, 2.05) is 25.4 Å². The van der Waals surface area contributed by atoms with Crippen molar-refractivity contribution in [3.8, 4) is 11.3 Å².